The average molecular weight is 266 g/mol. The van der Waals surface area contributed by atoms with Crippen LogP contribution in [0.15, 0.2) is 18.3 Å². The normalized spacial score (nSPS) is 18.6. The number of rotatable bonds is 4. The quantitative estimate of drug-likeness (QED) is 0.858. The van der Waals surface area contributed by atoms with Gasteiger partial charge < -0.3 is 10.4 Å². The van der Waals surface area contributed by atoms with E-state index in [2.05, 4.69) is 10.3 Å². The molecule has 1 aliphatic rings. The third-order valence-corrected chi connectivity index (χ3v) is 4.11. The van der Waals surface area contributed by atoms with Crippen LogP contribution >= 0.6 is 11.8 Å². The number of aromatic carboxylic acids is 1. The minimum absolute atomic E-state index is 0.0139. The molecular formula is C12H14N2O3S. The SMILES string of the molecule is O=C(O)c1ccnc(CNC(=O)C2CCCS2)c1. The predicted octanol–water partition coefficient (Wildman–Crippen LogP) is 1.29. The van der Waals surface area contributed by atoms with E-state index in [1.54, 1.807) is 11.8 Å². The molecule has 1 aliphatic heterocycles. The summed E-state index contributed by atoms with van der Waals surface area (Å²) in [5.74, 6) is 0.0570. The second-order valence-electron chi connectivity index (χ2n) is 4.06. The van der Waals surface area contributed by atoms with Crippen LogP contribution < -0.4 is 5.32 Å². The molecule has 6 heteroatoms. The van der Waals surface area contributed by atoms with Gasteiger partial charge in [-0.3, -0.25) is 9.78 Å². The molecule has 0 spiro atoms. The van der Waals surface area contributed by atoms with E-state index >= 15 is 0 Å². The van der Waals surface area contributed by atoms with Gasteiger partial charge in [0, 0.05) is 6.20 Å². The molecule has 0 saturated carbocycles. The molecule has 1 fully saturated rings. The first-order valence-corrected chi connectivity index (χ1v) is 6.79. The van der Waals surface area contributed by atoms with E-state index in [0.717, 1.165) is 18.6 Å². The topological polar surface area (TPSA) is 79.3 Å². The Bertz CT molecular complexity index is 458. The van der Waals surface area contributed by atoms with E-state index in [1.165, 1.54) is 18.3 Å². The number of pyridine rings is 1. The second kappa shape index (κ2) is 5.86. The summed E-state index contributed by atoms with van der Waals surface area (Å²) in [6.45, 7) is 0.275. The number of amides is 1. The van der Waals surface area contributed by atoms with Crippen molar-refractivity contribution in [2.75, 3.05) is 5.75 Å². The Morgan fingerprint density at radius 3 is 3.06 bits per heavy atom. The van der Waals surface area contributed by atoms with Gasteiger partial charge in [-0.2, -0.15) is 0 Å². The highest BCUT2D eigenvalue weighted by Crippen LogP contribution is 2.26. The molecule has 2 heterocycles. The number of hydrogen-bond donors (Lipinski definition) is 2. The van der Waals surface area contributed by atoms with Crippen LogP contribution in [0.5, 0.6) is 0 Å². The van der Waals surface area contributed by atoms with Gasteiger partial charge in [0.2, 0.25) is 5.91 Å². The number of nitrogens with zero attached hydrogens (tertiary/aromatic N) is 1. The number of carboxylic acids is 1. The maximum Gasteiger partial charge on any atom is 0.335 e. The summed E-state index contributed by atoms with van der Waals surface area (Å²) in [5.41, 5.74) is 0.746. The Morgan fingerprint density at radius 2 is 2.39 bits per heavy atom. The number of carboxylic acid groups (broad SMARTS) is 1. The van der Waals surface area contributed by atoms with Crippen LogP contribution in [-0.2, 0) is 11.3 Å². The second-order valence-corrected chi connectivity index (χ2v) is 5.37. The lowest BCUT2D eigenvalue weighted by atomic mass is 10.2. The van der Waals surface area contributed by atoms with Crippen molar-refractivity contribution in [1.82, 2.24) is 10.3 Å². The number of aromatic nitrogens is 1. The summed E-state index contributed by atoms with van der Waals surface area (Å²) in [7, 11) is 0. The highest BCUT2D eigenvalue weighted by atomic mass is 32.2. The van der Waals surface area contributed by atoms with Crippen molar-refractivity contribution in [3.05, 3.63) is 29.6 Å². The molecule has 0 aromatic carbocycles. The standard InChI is InChI=1S/C12H14N2O3S/c15-11(10-2-1-5-18-10)14-7-9-6-8(12(16)17)3-4-13-9/h3-4,6,10H,1-2,5,7H2,(H,14,15)(H,16,17). The first-order valence-electron chi connectivity index (χ1n) is 5.74. The van der Waals surface area contributed by atoms with E-state index in [1.807, 2.05) is 0 Å². The van der Waals surface area contributed by atoms with E-state index in [4.69, 9.17) is 5.11 Å². The molecule has 1 amide bonds. The fourth-order valence-electron chi connectivity index (χ4n) is 1.78. The zero-order valence-corrected chi connectivity index (χ0v) is 10.6. The molecule has 2 N–H and O–H groups in total. The van der Waals surface area contributed by atoms with Gasteiger partial charge in [0.05, 0.1) is 23.1 Å². The Balaban J connectivity index is 1.91. The van der Waals surface area contributed by atoms with Gasteiger partial charge >= 0.3 is 5.97 Å². The number of carbonyl (C=O) groups is 2. The summed E-state index contributed by atoms with van der Waals surface area (Å²) < 4.78 is 0. The van der Waals surface area contributed by atoms with Crippen molar-refractivity contribution in [3.63, 3.8) is 0 Å². The van der Waals surface area contributed by atoms with E-state index in [0.29, 0.717) is 5.69 Å². The largest absolute Gasteiger partial charge is 0.478 e. The third kappa shape index (κ3) is 3.22. The smallest absolute Gasteiger partial charge is 0.335 e. The monoisotopic (exact) mass is 266 g/mol. The molecule has 0 bridgehead atoms. The molecule has 1 atom stereocenters. The minimum atomic E-state index is -0.990. The molecule has 2 rings (SSSR count). The van der Waals surface area contributed by atoms with Gasteiger partial charge in [-0.15, -0.1) is 11.8 Å². The van der Waals surface area contributed by atoms with Crippen molar-refractivity contribution in [2.24, 2.45) is 0 Å². The molecule has 5 nitrogen and oxygen atoms in total. The summed E-state index contributed by atoms with van der Waals surface area (Å²) in [4.78, 5) is 26.6. The van der Waals surface area contributed by atoms with E-state index in [-0.39, 0.29) is 23.3 Å². The predicted molar refractivity (Wildman–Crippen MR) is 68.5 cm³/mol. The van der Waals surface area contributed by atoms with Crippen molar-refractivity contribution in [1.29, 1.82) is 0 Å². The Morgan fingerprint density at radius 1 is 1.56 bits per heavy atom. The number of thioether (sulfide) groups is 1. The van der Waals surface area contributed by atoms with Gasteiger partial charge in [-0.05, 0) is 30.7 Å². The van der Waals surface area contributed by atoms with Crippen LogP contribution in [0.3, 0.4) is 0 Å². The van der Waals surface area contributed by atoms with E-state index < -0.39 is 5.97 Å². The first-order chi connectivity index (χ1) is 8.66. The highest BCUT2D eigenvalue weighted by Gasteiger charge is 2.22. The van der Waals surface area contributed by atoms with Crippen LogP contribution in [-0.4, -0.2) is 33.0 Å². The van der Waals surface area contributed by atoms with Crippen molar-refractivity contribution in [3.8, 4) is 0 Å². The number of hydrogen-bond acceptors (Lipinski definition) is 4. The summed E-state index contributed by atoms with van der Waals surface area (Å²) in [5, 5.41) is 11.7. The first kappa shape index (κ1) is 12.9. The minimum Gasteiger partial charge on any atom is -0.478 e. The van der Waals surface area contributed by atoms with Crippen LogP contribution in [0.25, 0.3) is 0 Å². The van der Waals surface area contributed by atoms with Crippen LogP contribution in [0, 0.1) is 0 Å². The van der Waals surface area contributed by atoms with Crippen LogP contribution in [0.1, 0.15) is 28.9 Å². The van der Waals surface area contributed by atoms with Crippen molar-refractivity contribution >= 4 is 23.6 Å². The molecule has 1 aromatic rings. The molecule has 0 radical (unpaired) electrons. The number of carbonyl (C=O) groups excluding carboxylic acids is 1. The van der Waals surface area contributed by atoms with Gasteiger partial charge in [-0.1, -0.05) is 0 Å². The van der Waals surface area contributed by atoms with Crippen molar-refractivity contribution < 1.29 is 14.7 Å². The Hall–Kier alpha value is -1.56. The maximum absolute atomic E-state index is 11.8. The van der Waals surface area contributed by atoms with Crippen LogP contribution in [0.2, 0.25) is 0 Å². The Labute approximate surface area is 109 Å². The summed E-state index contributed by atoms with van der Waals surface area (Å²) in [6, 6.07) is 2.91. The fraction of sp³-hybridized carbons (Fsp3) is 0.417. The fourth-order valence-corrected chi connectivity index (χ4v) is 2.97. The molecule has 96 valence electrons. The Kier molecular flexibility index (Phi) is 4.19. The molecule has 0 aliphatic carbocycles. The lowest BCUT2D eigenvalue weighted by Crippen LogP contribution is -2.31. The van der Waals surface area contributed by atoms with Crippen molar-refractivity contribution in [2.45, 2.75) is 24.6 Å². The summed E-state index contributed by atoms with van der Waals surface area (Å²) >= 11 is 1.67. The maximum atomic E-state index is 11.8. The zero-order valence-electron chi connectivity index (χ0n) is 9.76. The molecule has 18 heavy (non-hydrogen) atoms. The van der Waals surface area contributed by atoms with Gasteiger partial charge in [0.15, 0.2) is 0 Å². The molecule has 1 unspecified atom stereocenters. The highest BCUT2D eigenvalue weighted by molar-refractivity contribution is 8.00. The lowest BCUT2D eigenvalue weighted by Gasteiger charge is -2.09. The van der Waals surface area contributed by atoms with Gasteiger partial charge in [0.1, 0.15) is 0 Å². The third-order valence-electron chi connectivity index (χ3n) is 2.73. The van der Waals surface area contributed by atoms with Gasteiger partial charge in [0.25, 0.3) is 0 Å². The number of nitrogens with one attached hydrogen (secondary N) is 1. The van der Waals surface area contributed by atoms with Gasteiger partial charge in [-0.25, -0.2) is 4.79 Å². The van der Waals surface area contributed by atoms with Crippen LogP contribution in [0.4, 0.5) is 0 Å². The average Bonchev–Trinajstić information content (AvgIpc) is 2.90. The summed E-state index contributed by atoms with van der Waals surface area (Å²) in [6.07, 6.45) is 3.43. The lowest BCUT2D eigenvalue weighted by molar-refractivity contribution is -0.120. The molecular weight excluding hydrogens is 252 g/mol. The molecule has 1 saturated heterocycles. The molecule has 1 aromatic heterocycles. The zero-order chi connectivity index (χ0) is 13.0. The van der Waals surface area contributed by atoms with E-state index in [9.17, 15) is 9.59 Å².